The molecule has 1 aromatic rings. The fourth-order valence-corrected chi connectivity index (χ4v) is 5.70. The summed E-state index contributed by atoms with van der Waals surface area (Å²) in [6, 6.07) is 3.41. The van der Waals surface area contributed by atoms with E-state index in [1.807, 2.05) is 0 Å². The number of hydrogen-bond acceptors (Lipinski definition) is 17. The van der Waals surface area contributed by atoms with Gasteiger partial charge in [0.1, 0.15) is 79.5 Å². The number of carbonyl (C=O) groups is 2. The Morgan fingerprint density at radius 2 is 1.49 bits per heavy atom. The molecule has 3 aliphatic heterocycles. The van der Waals surface area contributed by atoms with E-state index in [9.17, 15) is 65.8 Å². The molecule has 5 rings (SSSR count). The maximum absolute atomic E-state index is 11.8. The number of benzene rings is 1. The Morgan fingerprint density at radius 1 is 0.816 bits per heavy atom. The van der Waals surface area contributed by atoms with Crippen molar-refractivity contribution in [3.63, 3.8) is 0 Å². The molecule has 268 valence electrons. The second-order valence-electron chi connectivity index (χ2n) is 11.6. The quantitative estimate of drug-likeness (QED) is 0.0516. The molecule has 19 nitrogen and oxygen atoms in total. The first-order valence-corrected chi connectivity index (χ1v) is 14.7. The Hall–Kier alpha value is -4.44. The number of phenolic OH excluding ortho intramolecular Hbond substituents is 2. The summed E-state index contributed by atoms with van der Waals surface area (Å²) in [6.07, 6.45) is -18.1. The van der Waals surface area contributed by atoms with E-state index in [0.717, 1.165) is 24.3 Å². The number of aliphatic carboxylic acids is 1. The van der Waals surface area contributed by atoms with Crippen molar-refractivity contribution in [1.82, 2.24) is 0 Å². The van der Waals surface area contributed by atoms with Crippen LogP contribution in [0.1, 0.15) is 12.0 Å². The van der Waals surface area contributed by atoms with E-state index in [2.05, 4.69) is 4.74 Å². The molecule has 0 amide bonds. The van der Waals surface area contributed by atoms with Crippen LogP contribution in [0.15, 0.2) is 58.8 Å². The standard InChI is InChI=1S/C30H34O19/c31-7-16-21(39)23(41)25(43)29(46-16)20-14(35)5-12(33)10-4-15(27(49-28(10)20)9-1-2-11(32)13(34)3-9)47-30-26(44)24(42)22(40)17(48-30)8-45-19(38)6-18(36)37/h1-5,16-17,21-26,28-35,39-44H,6-8H2,(H,36,37)/p+1. The molecule has 1 aliphatic carbocycles. The van der Waals surface area contributed by atoms with E-state index in [1.165, 1.54) is 6.07 Å². The molecule has 49 heavy (non-hydrogen) atoms. The highest BCUT2D eigenvalue weighted by Crippen LogP contribution is 2.43. The van der Waals surface area contributed by atoms with Crippen LogP contribution in [0.25, 0.3) is 5.76 Å². The van der Waals surface area contributed by atoms with Crippen molar-refractivity contribution >= 4 is 17.7 Å². The molecule has 2 saturated heterocycles. The van der Waals surface area contributed by atoms with Gasteiger partial charge in [-0.3, -0.25) is 9.59 Å². The van der Waals surface area contributed by atoms with Gasteiger partial charge in [-0.15, -0.1) is 0 Å². The minimum absolute atomic E-state index is 0.0207. The van der Waals surface area contributed by atoms with E-state index in [-0.39, 0.29) is 28.2 Å². The minimum Gasteiger partial charge on any atom is -0.571 e. The van der Waals surface area contributed by atoms with Gasteiger partial charge in [-0.25, -0.2) is 0 Å². The number of carbonyl (C=O) groups excluding carboxylic acids is 1. The average molecular weight is 700 g/mol. The summed E-state index contributed by atoms with van der Waals surface area (Å²) in [6.45, 7) is -1.56. The second kappa shape index (κ2) is 14.2. The SMILES string of the molecule is O=C(O)CC(=O)OCC1OC(OC2=C(c3ccc(O)c(O)c3)[OH+]C3C(=C2)C(O)=CC(O)=C3C2OC(CO)C(O)C(O)C2O)C(O)C(O)C1O. The number of aromatic hydroxyl groups is 2. The largest absolute Gasteiger partial charge is 0.571 e. The summed E-state index contributed by atoms with van der Waals surface area (Å²) in [4.78, 5) is 22.5. The van der Waals surface area contributed by atoms with Crippen LogP contribution in [0, 0.1) is 0 Å². The highest BCUT2D eigenvalue weighted by Gasteiger charge is 2.52. The van der Waals surface area contributed by atoms with Crippen LogP contribution >= 0.6 is 0 Å². The summed E-state index contributed by atoms with van der Waals surface area (Å²) in [7, 11) is 0. The third kappa shape index (κ3) is 7.02. The molecular weight excluding hydrogens is 664 g/mol. The van der Waals surface area contributed by atoms with E-state index < -0.39 is 122 Å². The van der Waals surface area contributed by atoms with Gasteiger partial charge in [0.05, 0.1) is 23.3 Å². The summed E-state index contributed by atoms with van der Waals surface area (Å²) in [5, 5.41) is 124. The lowest BCUT2D eigenvalue weighted by Crippen LogP contribution is -2.60. The highest BCUT2D eigenvalue weighted by atomic mass is 16.7. The molecule has 13 N–H and O–H groups in total. The Balaban J connectivity index is 1.52. The number of carboxylic acids is 1. The molecule has 11 unspecified atom stereocenters. The van der Waals surface area contributed by atoms with Crippen LogP contribution in [0.5, 0.6) is 11.5 Å². The number of carboxylic acid groups (broad SMARTS) is 1. The maximum Gasteiger partial charge on any atom is 0.317 e. The molecule has 11 atom stereocenters. The van der Waals surface area contributed by atoms with Crippen molar-refractivity contribution in [1.29, 1.82) is 0 Å². The van der Waals surface area contributed by atoms with Crippen LogP contribution in [0.2, 0.25) is 0 Å². The number of allylic oxidation sites excluding steroid dienone is 2. The first-order chi connectivity index (χ1) is 23.1. The lowest BCUT2D eigenvalue weighted by Gasteiger charge is -2.43. The van der Waals surface area contributed by atoms with Gasteiger partial charge in [0, 0.05) is 18.2 Å². The van der Waals surface area contributed by atoms with Crippen LogP contribution in [-0.2, 0) is 28.5 Å². The first-order valence-electron chi connectivity index (χ1n) is 14.7. The van der Waals surface area contributed by atoms with Gasteiger partial charge in [0.25, 0.3) is 0 Å². The second-order valence-corrected chi connectivity index (χ2v) is 11.6. The number of ether oxygens (including phenoxy) is 5. The summed E-state index contributed by atoms with van der Waals surface area (Å²) in [5.41, 5.74) is -0.347. The summed E-state index contributed by atoms with van der Waals surface area (Å²) in [5.74, 6) is -5.62. The Kier molecular flexibility index (Phi) is 10.4. The average Bonchev–Trinajstić information content (AvgIpc) is 3.05. The Labute approximate surface area is 275 Å². The number of phenols is 2. The van der Waals surface area contributed by atoms with Crippen LogP contribution in [-0.4, -0.2) is 158 Å². The summed E-state index contributed by atoms with van der Waals surface area (Å²) >= 11 is 0. The van der Waals surface area contributed by atoms with Crippen molar-refractivity contribution in [3.8, 4) is 11.5 Å². The number of hydrogen-bond donors (Lipinski definition) is 12. The third-order valence-electron chi connectivity index (χ3n) is 8.30. The van der Waals surface area contributed by atoms with E-state index in [0.29, 0.717) is 0 Å². The zero-order chi connectivity index (χ0) is 35.9. The van der Waals surface area contributed by atoms with Gasteiger partial charge in [0.2, 0.25) is 18.2 Å². The Morgan fingerprint density at radius 3 is 2.14 bits per heavy atom. The van der Waals surface area contributed by atoms with Crippen molar-refractivity contribution < 1.29 is 94.6 Å². The molecule has 4 aliphatic rings. The van der Waals surface area contributed by atoms with Crippen LogP contribution < -0.4 is 0 Å². The molecule has 0 saturated carbocycles. The summed E-state index contributed by atoms with van der Waals surface area (Å²) < 4.78 is 26.4. The molecule has 0 aromatic heterocycles. The monoisotopic (exact) mass is 699 g/mol. The molecule has 19 heteroatoms. The van der Waals surface area contributed by atoms with Gasteiger partial charge in [-0.1, -0.05) is 0 Å². The fourth-order valence-electron chi connectivity index (χ4n) is 5.70. The van der Waals surface area contributed by atoms with Gasteiger partial charge in [-0.05, 0) is 12.1 Å². The molecule has 3 heterocycles. The van der Waals surface area contributed by atoms with E-state index in [4.69, 9.17) is 24.1 Å². The lowest BCUT2D eigenvalue weighted by molar-refractivity contribution is -0.291. The number of esters is 1. The van der Waals surface area contributed by atoms with Crippen molar-refractivity contribution in [2.24, 2.45) is 0 Å². The van der Waals surface area contributed by atoms with Crippen molar-refractivity contribution in [2.75, 3.05) is 13.2 Å². The highest BCUT2D eigenvalue weighted by molar-refractivity contribution is 5.90. The predicted octanol–water partition coefficient (Wildman–Crippen LogP) is -3.44. The van der Waals surface area contributed by atoms with Crippen molar-refractivity contribution in [3.05, 3.63) is 64.3 Å². The topological polar surface area (TPSA) is 327 Å². The zero-order valence-corrected chi connectivity index (χ0v) is 25.1. The Bertz CT molecular complexity index is 1580. The van der Waals surface area contributed by atoms with Gasteiger partial charge >= 0.3 is 17.7 Å². The number of fused-ring (bicyclic) bond motifs is 1. The molecular formula is C30H35O19+. The predicted molar refractivity (Wildman–Crippen MR) is 156 cm³/mol. The van der Waals surface area contributed by atoms with E-state index in [1.54, 1.807) is 0 Å². The fraction of sp³-hybridized carbons (Fsp3) is 0.467. The smallest absolute Gasteiger partial charge is 0.317 e. The molecule has 2 fully saturated rings. The van der Waals surface area contributed by atoms with Gasteiger partial charge < -0.3 is 85.0 Å². The molecule has 0 radical (unpaired) electrons. The zero-order valence-electron chi connectivity index (χ0n) is 25.1. The van der Waals surface area contributed by atoms with Crippen LogP contribution in [0.4, 0.5) is 0 Å². The minimum atomic E-state index is -1.97. The first kappa shape index (κ1) is 35.9. The maximum atomic E-state index is 11.8. The van der Waals surface area contributed by atoms with Gasteiger partial charge in [-0.2, -0.15) is 0 Å². The van der Waals surface area contributed by atoms with Gasteiger partial charge in [0.15, 0.2) is 11.5 Å². The lowest BCUT2D eigenvalue weighted by atomic mass is 9.82. The van der Waals surface area contributed by atoms with Crippen LogP contribution in [0.3, 0.4) is 0 Å². The third-order valence-corrected chi connectivity index (χ3v) is 8.30. The van der Waals surface area contributed by atoms with E-state index >= 15 is 0 Å². The van der Waals surface area contributed by atoms with Crippen molar-refractivity contribution in [2.45, 2.75) is 73.8 Å². The molecule has 0 spiro atoms. The number of aliphatic hydroxyl groups is 11. The molecule has 0 bridgehead atoms. The number of rotatable bonds is 9. The normalized spacial score (nSPS) is 34.7. The number of aliphatic hydroxyl groups excluding tert-OH is 9. The molecule has 1 aromatic carbocycles.